The molecular weight excluding hydrogens is 196 g/mol. The molecule has 15 heavy (non-hydrogen) atoms. The van der Waals surface area contributed by atoms with Gasteiger partial charge in [-0.15, -0.1) is 0 Å². The molecule has 0 unspecified atom stereocenters. The summed E-state index contributed by atoms with van der Waals surface area (Å²) in [6.45, 7) is 1.41. The van der Waals surface area contributed by atoms with Gasteiger partial charge in [-0.05, 0) is 19.4 Å². The molecule has 0 aromatic heterocycles. The molecule has 0 aromatic rings. The normalized spacial score (nSPS) is 36.9. The van der Waals surface area contributed by atoms with Gasteiger partial charge in [0.2, 0.25) is 5.91 Å². The van der Waals surface area contributed by atoms with Gasteiger partial charge in [0.1, 0.15) is 0 Å². The summed E-state index contributed by atoms with van der Waals surface area (Å²) in [5.74, 6) is 0.0188. The third-order valence-corrected chi connectivity index (χ3v) is 3.18. The molecule has 0 spiro atoms. The minimum atomic E-state index is -0.780. The smallest absolute Gasteiger partial charge is 0.239 e. The van der Waals surface area contributed by atoms with Gasteiger partial charge in [0.25, 0.3) is 0 Å². The number of amides is 1. The number of nitrogens with zero attached hydrogens (tertiary/aromatic N) is 1. The third kappa shape index (κ3) is 2.30. The Morgan fingerprint density at radius 1 is 1.20 bits per heavy atom. The van der Waals surface area contributed by atoms with E-state index in [1.165, 1.54) is 0 Å². The average molecular weight is 214 g/mol. The summed E-state index contributed by atoms with van der Waals surface area (Å²) in [6, 6.07) is -0.115. The lowest BCUT2D eigenvalue weighted by atomic mass is 10.0. The van der Waals surface area contributed by atoms with E-state index in [4.69, 9.17) is 0 Å². The highest BCUT2D eigenvalue weighted by Gasteiger charge is 2.35. The van der Waals surface area contributed by atoms with Crippen molar-refractivity contribution in [3.63, 3.8) is 0 Å². The van der Waals surface area contributed by atoms with Gasteiger partial charge < -0.3 is 20.4 Å². The summed E-state index contributed by atoms with van der Waals surface area (Å²) < 4.78 is 0. The molecule has 0 bridgehead atoms. The molecule has 1 amide bonds. The maximum Gasteiger partial charge on any atom is 0.239 e. The van der Waals surface area contributed by atoms with Crippen molar-refractivity contribution in [3.05, 3.63) is 0 Å². The van der Waals surface area contributed by atoms with Gasteiger partial charge in [0.05, 0.1) is 18.2 Å². The first-order chi connectivity index (χ1) is 7.18. The predicted molar refractivity (Wildman–Crippen MR) is 54.2 cm³/mol. The van der Waals surface area contributed by atoms with Crippen molar-refractivity contribution in [1.29, 1.82) is 0 Å². The second-order valence-electron chi connectivity index (χ2n) is 4.38. The van der Waals surface area contributed by atoms with Crippen LogP contribution in [0.25, 0.3) is 0 Å². The van der Waals surface area contributed by atoms with E-state index in [1.807, 2.05) is 0 Å². The number of nitrogens with one attached hydrogen (secondary N) is 1. The van der Waals surface area contributed by atoms with Crippen molar-refractivity contribution in [1.82, 2.24) is 10.2 Å². The Kier molecular flexibility index (Phi) is 3.23. The van der Waals surface area contributed by atoms with E-state index in [9.17, 15) is 15.0 Å². The lowest BCUT2D eigenvalue weighted by molar-refractivity contribution is -0.133. The Balaban J connectivity index is 1.90. The monoisotopic (exact) mass is 214 g/mol. The van der Waals surface area contributed by atoms with E-state index in [0.717, 1.165) is 25.8 Å². The van der Waals surface area contributed by atoms with Gasteiger partial charge in [0.15, 0.2) is 0 Å². The number of aliphatic hydroxyl groups excluding tert-OH is 2. The van der Waals surface area contributed by atoms with Crippen LogP contribution in [0.15, 0.2) is 0 Å². The molecule has 3 N–H and O–H groups in total. The van der Waals surface area contributed by atoms with E-state index in [2.05, 4.69) is 5.32 Å². The number of carbonyl (C=O) groups excluding carboxylic acids is 1. The number of hydrogen-bond acceptors (Lipinski definition) is 4. The molecule has 5 nitrogen and oxygen atoms in total. The number of hydrogen-bond donors (Lipinski definition) is 3. The van der Waals surface area contributed by atoms with E-state index in [-0.39, 0.29) is 25.0 Å². The Labute approximate surface area is 89.1 Å². The van der Waals surface area contributed by atoms with E-state index in [0.29, 0.717) is 0 Å². The van der Waals surface area contributed by atoms with Crippen LogP contribution in [-0.2, 0) is 4.79 Å². The zero-order valence-electron chi connectivity index (χ0n) is 8.72. The predicted octanol–water partition coefficient (Wildman–Crippen LogP) is -1.31. The van der Waals surface area contributed by atoms with Crippen LogP contribution in [0.5, 0.6) is 0 Å². The zero-order chi connectivity index (χ0) is 10.8. The first kappa shape index (κ1) is 10.9. The van der Waals surface area contributed by atoms with Gasteiger partial charge in [-0.3, -0.25) is 4.79 Å². The van der Waals surface area contributed by atoms with E-state index < -0.39 is 12.2 Å². The summed E-state index contributed by atoms with van der Waals surface area (Å²) in [6.07, 6.45) is 1.49. The highest BCUT2D eigenvalue weighted by molar-refractivity contribution is 5.82. The van der Waals surface area contributed by atoms with Gasteiger partial charge in [0, 0.05) is 13.1 Å². The number of rotatable bonds is 1. The van der Waals surface area contributed by atoms with Crippen LogP contribution in [0, 0.1) is 0 Å². The lowest BCUT2D eigenvalue weighted by Gasteiger charge is -2.27. The molecule has 2 heterocycles. The molecule has 2 aliphatic heterocycles. The van der Waals surface area contributed by atoms with Crippen LogP contribution in [0.4, 0.5) is 0 Å². The van der Waals surface area contributed by atoms with Crippen LogP contribution in [-0.4, -0.2) is 58.9 Å². The summed E-state index contributed by atoms with van der Waals surface area (Å²) in [4.78, 5) is 13.5. The maximum atomic E-state index is 11.9. The number of piperidine rings is 1. The molecule has 0 aromatic carbocycles. The number of aliphatic hydroxyl groups is 2. The highest BCUT2D eigenvalue weighted by atomic mass is 16.3. The first-order valence-corrected chi connectivity index (χ1v) is 5.57. The van der Waals surface area contributed by atoms with Crippen molar-refractivity contribution < 1.29 is 15.0 Å². The molecule has 2 fully saturated rings. The molecule has 3 atom stereocenters. The second kappa shape index (κ2) is 4.47. The lowest BCUT2D eigenvalue weighted by Crippen LogP contribution is -2.48. The van der Waals surface area contributed by atoms with E-state index in [1.54, 1.807) is 4.90 Å². The van der Waals surface area contributed by atoms with Crippen LogP contribution in [0.1, 0.15) is 19.3 Å². The summed E-state index contributed by atoms with van der Waals surface area (Å²) in [5.41, 5.74) is 0. The Bertz CT molecular complexity index is 231. The molecule has 2 rings (SSSR count). The molecular formula is C10H18N2O3. The Hall–Kier alpha value is -0.650. The number of β-amino-alcohol motifs (C(OH)–C–C–N with tert-alkyl or cyclic N) is 2. The zero-order valence-corrected chi connectivity index (χ0v) is 8.72. The molecule has 5 heteroatoms. The Morgan fingerprint density at radius 3 is 2.40 bits per heavy atom. The van der Waals surface area contributed by atoms with Crippen LogP contribution in [0.2, 0.25) is 0 Å². The fraction of sp³-hybridized carbons (Fsp3) is 0.900. The molecule has 0 saturated carbocycles. The quantitative estimate of drug-likeness (QED) is 0.507. The van der Waals surface area contributed by atoms with Gasteiger partial charge in [-0.1, -0.05) is 6.42 Å². The summed E-state index contributed by atoms with van der Waals surface area (Å²) in [5, 5.41) is 21.9. The summed E-state index contributed by atoms with van der Waals surface area (Å²) in [7, 11) is 0. The SMILES string of the molecule is O=C([C@@H]1CCCCN1)N1C[C@@H](O)[C@@H](O)C1. The van der Waals surface area contributed by atoms with Crippen molar-refractivity contribution in [2.24, 2.45) is 0 Å². The highest BCUT2D eigenvalue weighted by Crippen LogP contribution is 2.15. The maximum absolute atomic E-state index is 11.9. The fourth-order valence-corrected chi connectivity index (χ4v) is 2.23. The second-order valence-corrected chi connectivity index (χ2v) is 4.38. The first-order valence-electron chi connectivity index (χ1n) is 5.57. The molecule has 0 radical (unpaired) electrons. The van der Waals surface area contributed by atoms with Gasteiger partial charge >= 0.3 is 0 Å². The number of carbonyl (C=O) groups is 1. The minimum Gasteiger partial charge on any atom is -0.388 e. The van der Waals surface area contributed by atoms with E-state index >= 15 is 0 Å². The molecule has 2 aliphatic rings. The van der Waals surface area contributed by atoms with Crippen LogP contribution >= 0.6 is 0 Å². The van der Waals surface area contributed by atoms with Crippen molar-refractivity contribution in [3.8, 4) is 0 Å². The molecule has 0 aliphatic carbocycles. The van der Waals surface area contributed by atoms with Crippen molar-refractivity contribution in [2.45, 2.75) is 37.5 Å². The third-order valence-electron chi connectivity index (χ3n) is 3.18. The molecule has 2 saturated heterocycles. The van der Waals surface area contributed by atoms with Gasteiger partial charge in [-0.2, -0.15) is 0 Å². The summed E-state index contributed by atoms with van der Waals surface area (Å²) >= 11 is 0. The molecule has 86 valence electrons. The topological polar surface area (TPSA) is 72.8 Å². The average Bonchev–Trinajstić information content (AvgIpc) is 2.59. The largest absolute Gasteiger partial charge is 0.388 e. The van der Waals surface area contributed by atoms with Crippen molar-refractivity contribution in [2.75, 3.05) is 19.6 Å². The fourth-order valence-electron chi connectivity index (χ4n) is 2.23. The van der Waals surface area contributed by atoms with Crippen LogP contribution < -0.4 is 5.32 Å². The number of likely N-dealkylation sites (tertiary alicyclic amines) is 1. The van der Waals surface area contributed by atoms with Crippen molar-refractivity contribution >= 4 is 5.91 Å². The minimum absolute atomic E-state index is 0.0188. The standard InChI is InChI=1S/C10H18N2O3/c13-8-5-12(6-9(8)14)10(15)7-3-1-2-4-11-7/h7-9,11,13-14H,1-6H2/t7-,8-,9+/m0/s1. The Morgan fingerprint density at radius 2 is 1.87 bits per heavy atom. The van der Waals surface area contributed by atoms with Crippen LogP contribution in [0.3, 0.4) is 0 Å². The van der Waals surface area contributed by atoms with Gasteiger partial charge in [-0.25, -0.2) is 0 Å².